The first-order chi connectivity index (χ1) is 20.8. The maximum Gasteiger partial charge on any atom is 0.344 e. The van der Waals surface area contributed by atoms with Gasteiger partial charge >= 0.3 is 17.9 Å². The van der Waals surface area contributed by atoms with Gasteiger partial charge in [-0.05, 0) is 64.6 Å². The van der Waals surface area contributed by atoms with Crippen molar-refractivity contribution >= 4 is 46.2 Å². The van der Waals surface area contributed by atoms with E-state index in [9.17, 15) is 28.8 Å². The zero-order chi connectivity index (χ0) is 33.4. The number of Topliss-reactive ketones (excluding diaryl/α,β-unsaturated/α-hetero) is 2. The Morgan fingerprint density at radius 2 is 1.60 bits per heavy atom. The molecule has 0 aromatic heterocycles. The van der Waals surface area contributed by atoms with E-state index in [1.165, 1.54) is 18.1 Å². The molecule has 0 saturated heterocycles. The second kappa shape index (κ2) is 10.5. The fraction of sp³-hybridized carbons (Fsp3) is 0.455. The average Bonchev–Trinajstić information content (AvgIpc) is 3.42. The van der Waals surface area contributed by atoms with Crippen LogP contribution in [0.3, 0.4) is 0 Å². The van der Waals surface area contributed by atoms with Crippen LogP contribution in [0.5, 0.6) is 11.5 Å². The molecule has 2 aliphatic heterocycles. The smallest absolute Gasteiger partial charge is 0.344 e. The highest BCUT2D eigenvalue weighted by Crippen LogP contribution is 2.49. The Kier molecular flexibility index (Phi) is 7.43. The predicted octanol–water partition coefficient (Wildman–Crippen LogP) is 3.88. The van der Waals surface area contributed by atoms with Crippen molar-refractivity contribution in [3.05, 3.63) is 45.5 Å². The molecule has 0 radical (unpaired) electrons. The summed E-state index contributed by atoms with van der Waals surface area (Å²) in [4.78, 5) is 82.9. The predicted molar refractivity (Wildman–Crippen MR) is 158 cm³/mol. The van der Waals surface area contributed by atoms with Crippen molar-refractivity contribution in [1.29, 1.82) is 0 Å². The number of methoxy groups -OCH3 is 1. The number of amides is 1. The number of fused-ring (bicyclic) bond motifs is 4. The molecule has 12 heteroatoms. The Morgan fingerprint density at radius 1 is 0.956 bits per heavy atom. The molecule has 0 N–H and O–H groups in total. The molecule has 1 atom stereocenters. The standard InChI is InChI=1S/C33H35NO11/c1-15(35)43-28-22-16(11-20(41-9)23-18(22)13-34(8)29(23)39)10-17-24(28)27(38)25-19(26(17)37)14-42-33(25,30(40)45-32(5,6)7)12-21(36)44-31(2,3)4/h10-11H,12-14H2,1-9H3. The van der Waals surface area contributed by atoms with Gasteiger partial charge in [0.05, 0.1) is 36.8 Å². The van der Waals surface area contributed by atoms with Gasteiger partial charge in [0.25, 0.3) is 5.91 Å². The maximum atomic E-state index is 14.7. The van der Waals surface area contributed by atoms with E-state index in [0.717, 1.165) is 6.92 Å². The third-order valence-corrected chi connectivity index (χ3v) is 7.55. The number of hydrogen-bond donors (Lipinski definition) is 0. The molecule has 0 saturated carbocycles. The summed E-state index contributed by atoms with van der Waals surface area (Å²) in [6.07, 6.45) is -0.755. The largest absolute Gasteiger partial charge is 0.496 e. The summed E-state index contributed by atoms with van der Waals surface area (Å²) in [5.74, 6) is -4.55. The number of nitrogens with zero attached hydrogens (tertiary/aromatic N) is 1. The van der Waals surface area contributed by atoms with Gasteiger partial charge in [-0.15, -0.1) is 0 Å². The second-order valence-electron chi connectivity index (χ2n) is 13.3. The van der Waals surface area contributed by atoms with Gasteiger partial charge in [0.1, 0.15) is 17.0 Å². The van der Waals surface area contributed by atoms with Gasteiger partial charge in [0, 0.05) is 37.0 Å². The number of rotatable bonds is 5. The molecule has 2 aromatic rings. The van der Waals surface area contributed by atoms with E-state index in [4.69, 9.17) is 23.7 Å². The molecule has 3 aliphatic rings. The molecule has 0 spiro atoms. The first-order valence-electron chi connectivity index (χ1n) is 14.4. The number of hydrogen-bond acceptors (Lipinski definition) is 11. The molecule has 2 aromatic carbocycles. The monoisotopic (exact) mass is 621 g/mol. The fourth-order valence-corrected chi connectivity index (χ4v) is 5.98. The molecule has 5 rings (SSSR count). The van der Waals surface area contributed by atoms with Crippen LogP contribution >= 0.6 is 0 Å². The molecule has 1 aliphatic carbocycles. The third-order valence-electron chi connectivity index (χ3n) is 7.55. The van der Waals surface area contributed by atoms with Crippen molar-refractivity contribution in [3.8, 4) is 11.5 Å². The molecule has 45 heavy (non-hydrogen) atoms. The highest BCUT2D eigenvalue weighted by molar-refractivity contribution is 6.33. The molecule has 238 valence electrons. The molecule has 0 bridgehead atoms. The average molecular weight is 622 g/mol. The van der Waals surface area contributed by atoms with Crippen molar-refractivity contribution in [2.45, 2.75) is 78.2 Å². The molecule has 2 heterocycles. The van der Waals surface area contributed by atoms with E-state index in [1.807, 2.05) is 0 Å². The van der Waals surface area contributed by atoms with Crippen molar-refractivity contribution in [2.24, 2.45) is 0 Å². The lowest BCUT2D eigenvalue weighted by Gasteiger charge is -2.33. The van der Waals surface area contributed by atoms with Crippen LogP contribution in [0, 0.1) is 0 Å². The first kappa shape index (κ1) is 31.8. The van der Waals surface area contributed by atoms with E-state index in [2.05, 4.69) is 0 Å². The number of ether oxygens (including phenoxy) is 5. The SMILES string of the molecule is COc1cc2cc3c(c(OC(C)=O)c2c2c1C(=O)N(C)C2)C(=O)C1=C(COC1(CC(=O)OC(C)(C)C)C(=O)OC(C)(C)C)C3=O. The van der Waals surface area contributed by atoms with Gasteiger partial charge in [0.15, 0.2) is 17.3 Å². The normalized spacial score (nSPS) is 19.4. The summed E-state index contributed by atoms with van der Waals surface area (Å²) < 4.78 is 28.2. The van der Waals surface area contributed by atoms with Crippen LogP contribution in [0.4, 0.5) is 0 Å². The highest BCUT2D eigenvalue weighted by Gasteiger charge is 2.59. The number of ketones is 2. The molecule has 0 fully saturated rings. The molecule has 1 amide bonds. The van der Waals surface area contributed by atoms with Crippen molar-refractivity contribution in [1.82, 2.24) is 4.90 Å². The number of carbonyl (C=O) groups is 6. The van der Waals surface area contributed by atoms with Crippen LogP contribution in [0.2, 0.25) is 0 Å². The summed E-state index contributed by atoms with van der Waals surface area (Å²) in [6.45, 7) is 10.5. The van der Waals surface area contributed by atoms with Gasteiger partial charge in [-0.3, -0.25) is 24.0 Å². The first-order valence-corrected chi connectivity index (χ1v) is 14.4. The fourth-order valence-electron chi connectivity index (χ4n) is 5.98. The van der Waals surface area contributed by atoms with E-state index in [-0.39, 0.29) is 57.2 Å². The van der Waals surface area contributed by atoms with Crippen molar-refractivity contribution in [3.63, 3.8) is 0 Å². The van der Waals surface area contributed by atoms with Gasteiger partial charge in [0.2, 0.25) is 5.60 Å². The lowest BCUT2D eigenvalue weighted by molar-refractivity contribution is -0.183. The van der Waals surface area contributed by atoms with Crippen LogP contribution in [0.25, 0.3) is 10.8 Å². The Bertz CT molecular complexity index is 1770. The van der Waals surface area contributed by atoms with Crippen molar-refractivity contribution < 1.29 is 52.5 Å². The van der Waals surface area contributed by atoms with Crippen molar-refractivity contribution in [2.75, 3.05) is 20.8 Å². The Morgan fingerprint density at radius 3 is 2.18 bits per heavy atom. The summed E-state index contributed by atoms with van der Waals surface area (Å²) >= 11 is 0. The lowest BCUT2D eigenvalue weighted by atomic mass is 9.75. The minimum Gasteiger partial charge on any atom is -0.496 e. The van der Waals surface area contributed by atoms with E-state index >= 15 is 0 Å². The van der Waals surface area contributed by atoms with Gasteiger partial charge in [-0.1, -0.05) is 0 Å². The quantitative estimate of drug-likeness (QED) is 0.353. The van der Waals surface area contributed by atoms with E-state index in [0.29, 0.717) is 10.9 Å². The molecule has 1 unspecified atom stereocenters. The van der Waals surface area contributed by atoms with Gasteiger partial charge < -0.3 is 28.6 Å². The topological polar surface area (TPSA) is 152 Å². The van der Waals surface area contributed by atoms with Crippen LogP contribution in [0.15, 0.2) is 23.3 Å². The Balaban J connectivity index is 1.79. The van der Waals surface area contributed by atoms with Crippen LogP contribution in [-0.4, -0.2) is 77.8 Å². The minimum absolute atomic E-state index is 0.0944. The second-order valence-corrected chi connectivity index (χ2v) is 13.3. The highest BCUT2D eigenvalue weighted by atomic mass is 16.6. The number of carbonyl (C=O) groups excluding carboxylic acids is 6. The summed E-state index contributed by atoms with van der Waals surface area (Å²) in [5.41, 5.74) is -4.55. The molecular formula is C33H35NO11. The van der Waals surface area contributed by atoms with Crippen LogP contribution in [-0.2, 0) is 35.1 Å². The Hall–Kier alpha value is -4.58. The van der Waals surface area contributed by atoms with Crippen LogP contribution < -0.4 is 9.47 Å². The van der Waals surface area contributed by atoms with Crippen LogP contribution in [0.1, 0.15) is 91.5 Å². The third kappa shape index (κ3) is 5.26. The zero-order valence-corrected chi connectivity index (χ0v) is 26.7. The number of benzene rings is 2. The van der Waals surface area contributed by atoms with E-state index in [1.54, 1.807) is 54.7 Å². The van der Waals surface area contributed by atoms with E-state index < -0.39 is 59.3 Å². The Labute approximate surface area is 259 Å². The minimum atomic E-state index is -2.32. The summed E-state index contributed by atoms with van der Waals surface area (Å²) in [5, 5.41) is 0.650. The molecule has 12 nitrogen and oxygen atoms in total. The molecular weight excluding hydrogens is 586 g/mol. The van der Waals surface area contributed by atoms with Gasteiger partial charge in [-0.25, -0.2) is 4.79 Å². The number of esters is 3. The lowest BCUT2D eigenvalue weighted by Crippen LogP contribution is -2.49. The summed E-state index contributed by atoms with van der Waals surface area (Å²) in [7, 11) is 2.99. The van der Waals surface area contributed by atoms with Gasteiger partial charge in [-0.2, -0.15) is 0 Å². The summed E-state index contributed by atoms with van der Waals surface area (Å²) in [6, 6.07) is 3.01. The maximum absolute atomic E-state index is 14.7. The zero-order valence-electron chi connectivity index (χ0n) is 26.7.